The highest BCUT2D eigenvalue weighted by Gasteiger charge is 2.16. The van der Waals surface area contributed by atoms with Crippen molar-refractivity contribution in [3.05, 3.63) is 57.8 Å². The van der Waals surface area contributed by atoms with Gasteiger partial charge < -0.3 is 9.15 Å². The van der Waals surface area contributed by atoms with Gasteiger partial charge in [0.05, 0.1) is 23.8 Å². The largest absolute Gasteiger partial charge is 0.465 e. The topological polar surface area (TPSA) is 74.3 Å². The number of esters is 1. The second-order valence-corrected chi connectivity index (χ2v) is 6.18. The summed E-state index contributed by atoms with van der Waals surface area (Å²) in [6, 6.07) is 8.90. The number of carbonyl (C=O) groups is 1. The molecule has 6 nitrogen and oxygen atoms in total. The number of fused-ring (bicyclic) bond motifs is 1. The van der Waals surface area contributed by atoms with Crippen molar-refractivity contribution in [2.24, 2.45) is 7.05 Å². The van der Waals surface area contributed by atoms with Gasteiger partial charge in [0.2, 0.25) is 0 Å². The van der Waals surface area contributed by atoms with Crippen molar-refractivity contribution in [1.82, 2.24) is 9.55 Å². The quantitative estimate of drug-likeness (QED) is 0.412. The van der Waals surface area contributed by atoms with E-state index in [9.17, 15) is 9.59 Å². The summed E-state index contributed by atoms with van der Waals surface area (Å²) in [5.41, 5.74) is 0.983. The molecule has 1 aromatic carbocycles. The van der Waals surface area contributed by atoms with Crippen LogP contribution in [-0.2, 0) is 17.5 Å². The van der Waals surface area contributed by atoms with Crippen LogP contribution in [0.25, 0.3) is 10.9 Å². The number of benzene rings is 1. The fraction of sp³-hybridized carbons (Fsp3) is 0.235. The first-order valence-corrected chi connectivity index (χ1v) is 8.26. The lowest BCUT2D eigenvalue weighted by atomic mass is 10.2. The van der Waals surface area contributed by atoms with Crippen LogP contribution in [0.1, 0.15) is 21.9 Å². The number of rotatable bonds is 4. The van der Waals surface area contributed by atoms with E-state index in [0.29, 0.717) is 38.9 Å². The normalized spacial score (nSPS) is 11.0. The van der Waals surface area contributed by atoms with Crippen molar-refractivity contribution in [3.8, 4) is 0 Å². The van der Waals surface area contributed by atoms with Gasteiger partial charge in [-0.05, 0) is 25.1 Å². The van der Waals surface area contributed by atoms with Crippen molar-refractivity contribution < 1.29 is 13.9 Å². The molecule has 0 saturated carbocycles. The van der Waals surface area contributed by atoms with Crippen LogP contribution in [0.2, 0.25) is 0 Å². The van der Waals surface area contributed by atoms with Crippen LogP contribution in [0.4, 0.5) is 0 Å². The summed E-state index contributed by atoms with van der Waals surface area (Å²) < 4.78 is 11.8. The van der Waals surface area contributed by atoms with Crippen LogP contribution in [0.5, 0.6) is 0 Å². The number of hydrogen-bond donors (Lipinski definition) is 0. The van der Waals surface area contributed by atoms with Crippen LogP contribution in [-0.4, -0.2) is 22.6 Å². The van der Waals surface area contributed by atoms with Gasteiger partial charge in [0.15, 0.2) is 5.16 Å². The van der Waals surface area contributed by atoms with Crippen LogP contribution in [0.15, 0.2) is 44.7 Å². The number of hydrogen-bond acceptors (Lipinski definition) is 6. The fourth-order valence-electron chi connectivity index (χ4n) is 2.39. The number of aryl methyl sites for hydroxylation is 1. The van der Waals surface area contributed by atoms with E-state index in [1.54, 1.807) is 26.1 Å². The van der Waals surface area contributed by atoms with Gasteiger partial charge in [0.25, 0.3) is 5.56 Å². The summed E-state index contributed by atoms with van der Waals surface area (Å²) in [6.07, 6.45) is 0. The lowest BCUT2D eigenvalue weighted by molar-refractivity contribution is 0.0599. The Morgan fingerprint density at radius 2 is 2.12 bits per heavy atom. The van der Waals surface area contributed by atoms with Gasteiger partial charge in [-0.15, -0.1) is 0 Å². The lowest BCUT2D eigenvalue weighted by Gasteiger charge is -2.07. The monoisotopic (exact) mass is 344 g/mol. The van der Waals surface area contributed by atoms with Crippen molar-refractivity contribution >= 4 is 28.6 Å². The van der Waals surface area contributed by atoms with E-state index in [-0.39, 0.29) is 5.56 Å². The molecule has 3 aromatic rings. The second kappa shape index (κ2) is 6.52. The molecule has 0 aliphatic rings. The molecule has 0 spiro atoms. The standard InChI is InChI=1S/C17H16N2O4S/c1-10-13(16(21)22-3)8-11(23-10)9-24-17-18-14-7-5-4-6-12(14)15(20)19(17)2/h4-8H,9H2,1-3H3. The third kappa shape index (κ3) is 2.94. The molecule has 0 N–H and O–H groups in total. The molecule has 7 heteroatoms. The molecule has 0 radical (unpaired) electrons. The predicted molar refractivity (Wildman–Crippen MR) is 91.3 cm³/mol. The van der Waals surface area contributed by atoms with Crippen LogP contribution in [0, 0.1) is 6.92 Å². The highest BCUT2D eigenvalue weighted by Crippen LogP contribution is 2.24. The molecule has 0 unspecified atom stereocenters. The third-order valence-electron chi connectivity index (χ3n) is 3.66. The number of thioether (sulfide) groups is 1. The molecule has 3 rings (SSSR count). The van der Waals surface area contributed by atoms with E-state index >= 15 is 0 Å². The second-order valence-electron chi connectivity index (χ2n) is 5.24. The van der Waals surface area contributed by atoms with Crippen molar-refractivity contribution in [2.45, 2.75) is 17.8 Å². The molecule has 0 saturated heterocycles. The number of ether oxygens (including phenoxy) is 1. The van der Waals surface area contributed by atoms with E-state index in [2.05, 4.69) is 4.98 Å². The molecule has 0 bridgehead atoms. The van der Waals surface area contributed by atoms with Gasteiger partial charge in [-0.2, -0.15) is 0 Å². The lowest BCUT2D eigenvalue weighted by Crippen LogP contribution is -2.19. The molecular formula is C17H16N2O4S. The number of aromatic nitrogens is 2. The molecule has 24 heavy (non-hydrogen) atoms. The van der Waals surface area contributed by atoms with E-state index in [1.165, 1.54) is 23.4 Å². The average molecular weight is 344 g/mol. The highest BCUT2D eigenvalue weighted by molar-refractivity contribution is 7.98. The summed E-state index contributed by atoms with van der Waals surface area (Å²) in [5.74, 6) is 1.16. The number of furan rings is 1. The summed E-state index contributed by atoms with van der Waals surface area (Å²) >= 11 is 1.38. The minimum absolute atomic E-state index is 0.0889. The van der Waals surface area contributed by atoms with Crippen molar-refractivity contribution in [1.29, 1.82) is 0 Å². The fourth-order valence-corrected chi connectivity index (χ4v) is 3.24. The molecule has 0 fully saturated rings. The Hall–Kier alpha value is -2.54. The first-order valence-electron chi connectivity index (χ1n) is 7.27. The van der Waals surface area contributed by atoms with E-state index < -0.39 is 5.97 Å². The minimum atomic E-state index is -0.427. The molecule has 2 heterocycles. The van der Waals surface area contributed by atoms with Gasteiger partial charge >= 0.3 is 5.97 Å². The first-order chi connectivity index (χ1) is 11.5. The number of para-hydroxylation sites is 1. The average Bonchev–Trinajstić information content (AvgIpc) is 2.97. The predicted octanol–water partition coefficient (Wildman–Crippen LogP) is 2.91. The maximum absolute atomic E-state index is 12.4. The zero-order valence-corrected chi connectivity index (χ0v) is 14.3. The Labute approximate surface area is 142 Å². The highest BCUT2D eigenvalue weighted by atomic mass is 32.2. The number of methoxy groups -OCH3 is 1. The van der Waals surface area contributed by atoms with E-state index in [0.717, 1.165) is 0 Å². The molecule has 0 aliphatic carbocycles. The van der Waals surface area contributed by atoms with Crippen LogP contribution in [0.3, 0.4) is 0 Å². The maximum Gasteiger partial charge on any atom is 0.341 e. The Balaban J connectivity index is 1.87. The Morgan fingerprint density at radius 3 is 2.88 bits per heavy atom. The third-order valence-corrected chi connectivity index (χ3v) is 4.71. The molecule has 0 aliphatic heterocycles. The zero-order chi connectivity index (χ0) is 17.3. The summed E-state index contributed by atoms with van der Waals surface area (Å²) in [6.45, 7) is 1.71. The number of carbonyl (C=O) groups excluding carboxylic acids is 1. The van der Waals surface area contributed by atoms with Gasteiger partial charge in [0, 0.05) is 7.05 Å². The minimum Gasteiger partial charge on any atom is -0.465 e. The number of nitrogens with zero attached hydrogens (tertiary/aromatic N) is 2. The van der Waals surface area contributed by atoms with Gasteiger partial charge in [-0.3, -0.25) is 9.36 Å². The molecule has 2 aromatic heterocycles. The molecular weight excluding hydrogens is 328 g/mol. The molecule has 0 amide bonds. The van der Waals surface area contributed by atoms with E-state index in [1.807, 2.05) is 18.2 Å². The van der Waals surface area contributed by atoms with Gasteiger partial charge in [-0.1, -0.05) is 23.9 Å². The summed E-state index contributed by atoms with van der Waals surface area (Å²) in [5, 5.41) is 1.18. The van der Waals surface area contributed by atoms with Crippen LogP contribution >= 0.6 is 11.8 Å². The molecule has 0 atom stereocenters. The first kappa shape index (κ1) is 16.3. The van der Waals surface area contributed by atoms with Crippen molar-refractivity contribution in [3.63, 3.8) is 0 Å². The summed E-state index contributed by atoms with van der Waals surface area (Å²) in [4.78, 5) is 28.5. The van der Waals surface area contributed by atoms with Crippen molar-refractivity contribution in [2.75, 3.05) is 7.11 Å². The maximum atomic E-state index is 12.4. The summed E-state index contributed by atoms with van der Waals surface area (Å²) in [7, 11) is 3.02. The Kier molecular flexibility index (Phi) is 4.44. The Morgan fingerprint density at radius 1 is 1.38 bits per heavy atom. The SMILES string of the molecule is COC(=O)c1cc(CSc2nc3ccccc3c(=O)n2C)oc1C. The van der Waals surface area contributed by atoms with E-state index in [4.69, 9.17) is 9.15 Å². The Bertz CT molecular complexity index is 974. The van der Waals surface area contributed by atoms with Gasteiger partial charge in [-0.25, -0.2) is 9.78 Å². The van der Waals surface area contributed by atoms with Crippen LogP contribution < -0.4 is 5.56 Å². The van der Waals surface area contributed by atoms with Gasteiger partial charge in [0.1, 0.15) is 17.1 Å². The zero-order valence-electron chi connectivity index (χ0n) is 13.5. The molecule has 124 valence electrons. The smallest absolute Gasteiger partial charge is 0.341 e.